The monoisotopic (exact) mass is 296 g/mol. The number of fused-ring (bicyclic) bond motifs is 1. The Bertz CT molecular complexity index is 837. The minimum absolute atomic E-state index is 0.148. The van der Waals surface area contributed by atoms with Crippen LogP contribution < -0.4 is 10.9 Å². The van der Waals surface area contributed by atoms with E-state index in [2.05, 4.69) is 20.3 Å². The molecule has 0 aliphatic heterocycles. The van der Waals surface area contributed by atoms with Crippen LogP contribution in [-0.4, -0.2) is 27.4 Å². The summed E-state index contributed by atoms with van der Waals surface area (Å²) in [5.74, 6) is -0.148. The van der Waals surface area contributed by atoms with E-state index < -0.39 is 0 Å². The Labute approximate surface area is 126 Å². The highest BCUT2D eigenvalue weighted by Crippen LogP contribution is 2.06. The standard InChI is InChI=1S/C16H16N4O2/c21-15(13-7-3-9-17-13)18-10-4-8-14-16(22)20-12-6-2-1-5-11(12)19-14/h1-3,5-7,9,17H,4,8,10H2,(H,18,21)(H,20,22). The van der Waals surface area contributed by atoms with E-state index in [-0.39, 0.29) is 11.5 Å². The molecule has 0 saturated carbocycles. The summed E-state index contributed by atoms with van der Waals surface area (Å²) in [4.78, 5) is 33.7. The van der Waals surface area contributed by atoms with Gasteiger partial charge in [0.25, 0.3) is 11.5 Å². The Kier molecular flexibility index (Phi) is 4.00. The van der Waals surface area contributed by atoms with E-state index in [9.17, 15) is 9.59 Å². The van der Waals surface area contributed by atoms with Gasteiger partial charge < -0.3 is 15.3 Å². The van der Waals surface area contributed by atoms with Gasteiger partial charge >= 0.3 is 0 Å². The lowest BCUT2D eigenvalue weighted by Gasteiger charge is -2.04. The van der Waals surface area contributed by atoms with Gasteiger partial charge in [0.2, 0.25) is 0 Å². The lowest BCUT2D eigenvalue weighted by atomic mass is 10.2. The average Bonchev–Trinajstić information content (AvgIpc) is 3.06. The summed E-state index contributed by atoms with van der Waals surface area (Å²) >= 11 is 0. The molecule has 0 radical (unpaired) electrons. The first-order chi connectivity index (χ1) is 10.7. The summed E-state index contributed by atoms with van der Waals surface area (Å²) < 4.78 is 0. The zero-order chi connectivity index (χ0) is 15.4. The quantitative estimate of drug-likeness (QED) is 0.625. The van der Waals surface area contributed by atoms with Crippen LogP contribution in [0, 0.1) is 0 Å². The van der Waals surface area contributed by atoms with E-state index in [1.54, 1.807) is 18.3 Å². The maximum atomic E-state index is 11.9. The van der Waals surface area contributed by atoms with Crippen molar-refractivity contribution in [2.24, 2.45) is 0 Å². The number of benzene rings is 1. The molecule has 0 saturated heterocycles. The number of aryl methyl sites for hydroxylation is 1. The summed E-state index contributed by atoms with van der Waals surface area (Å²) in [6.45, 7) is 0.492. The zero-order valence-corrected chi connectivity index (χ0v) is 11.9. The number of amides is 1. The molecule has 0 fully saturated rings. The molecule has 0 aliphatic carbocycles. The van der Waals surface area contributed by atoms with Gasteiger partial charge in [-0.1, -0.05) is 12.1 Å². The van der Waals surface area contributed by atoms with Crippen LogP contribution in [0.15, 0.2) is 47.4 Å². The fraction of sp³-hybridized carbons (Fsp3) is 0.188. The highest BCUT2D eigenvalue weighted by molar-refractivity contribution is 5.92. The Hall–Kier alpha value is -2.89. The smallest absolute Gasteiger partial charge is 0.270 e. The molecule has 0 atom stereocenters. The van der Waals surface area contributed by atoms with Crippen LogP contribution in [0.5, 0.6) is 0 Å². The Balaban J connectivity index is 1.59. The lowest BCUT2D eigenvalue weighted by Crippen LogP contribution is -2.25. The first-order valence-electron chi connectivity index (χ1n) is 7.13. The summed E-state index contributed by atoms with van der Waals surface area (Å²) in [5, 5.41) is 2.80. The predicted molar refractivity (Wildman–Crippen MR) is 83.8 cm³/mol. The van der Waals surface area contributed by atoms with Crippen molar-refractivity contribution in [1.29, 1.82) is 0 Å². The first kappa shape index (κ1) is 14.1. The molecule has 3 N–H and O–H groups in total. The van der Waals surface area contributed by atoms with Crippen LogP contribution >= 0.6 is 0 Å². The molecule has 1 aromatic carbocycles. The Morgan fingerprint density at radius 3 is 2.86 bits per heavy atom. The van der Waals surface area contributed by atoms with Crippen LogP contribution in [0.3, 0.4) is 0 Å². The molecule has 22 heavy (non-hydrogen) atoms. The third kappa shape index (κ3) is 3.06. The molecule has 3 aromatic rings. The van der Waals surface area contributed by atoms with E-state index in [1.807, 2.05) is 24.3 Å². The van der Waals surface area contributed by atoms with Crippen LogP contribution in [-0.2, 0) is 6.42 Å². The predicted octanol–water partition coefficient (Wildman–Crippen LogP) is 1.61. The minimum Gasteiger partial charge on any atom is -0.357 e. The summed E-state index contributed by atoms with van der Waals surface area (Å²) in [6, 6.07) is 10.9. The van der Waals surface area contributed by atoms with E-state index >= 15 is 0 Å². The van der Waals surface area contributed by atoms with Gasteiger partial charge in [-0.2, -0.15) is 0 Å². The molecule has 2 aromatic heterocycles. The van der Waals surface area contributed by atoms with Gasteiger partial charge in [0.1, 0.15) is 11.4 Å². The van der Waals surface area contributed by atoms with Crippen molar-refractivity contribution in [3.8, 4) is 0 Å². The van der Waals surface area contributed by atoms with E-state index in [0.717, 1.165) is 11.0 Å². The number of hydrogen-bond donors (Lipinski definition) is 3. The van der Waals surface area contributed by atoms with Gasteiger partial charge in [0.15, 0.2) is 0 Å². The molecule has 0 aliphatic rings. The molecule has 0 unspecified atom stereocenters. The summed E-state index contributed by atoms with van der Waals surface area (Å²) in [7, 11) is 0. The van der Waals surface area contributed by atoms with Crippen molar-refractivity contribution in [3.63, 3.8) is 0 Å². The number of nitrogens with one attached hydrogen (secondary N) is 3. The van der Waals surface area contributed by atoms with Gasteiger partial charge in [-0.05, 0) is 37.1 Å². The molecule has 2 heterocycles. The third-order valence-corrected chi connectivity index (χ3v) is 3.39. The topological polar surface area (TPSA) is 90.6 Å². The number of hydrogen-bond acceptors (Lipinski definition) is 3. The van der Waals surface area contributed by atoms with Crippen molar-refractivity contribution in [1.82, 2.24) is 20.3 Å². The number of carbonyl (C=O) groups is 1. The second-order valence-electron chi connectivity index (χ2n) is 4.97. The fourth-order valence-electron chi connectivity index (χ4n) is 2.26. The van der Waals surface area contributed by atoms with Crippen LogP contribution in [0.1, 0.15) is 22.6 Å². The molecule has 1 amide bonds. The van der Waals surface area contributed by atoms with Crippen LogP contribution in [0.2, 0.25) is 0 Å². The maximum Gasteiger partial charge on any atom is 0.270 e. The summed E-state index contributed by atoms with van der Waals surface area (Å²) in [5.41, 5.74) is 2.35. The SMILES string of the molecule is O=C(NCCCc1nc2ccccc2[nH]c1=O)c1ccc[nH]1. The van der Waals surface area contributed by atoms with Crippen molar-refractivity contribution >= 4 is 16.9 Å². The minimum atomic E-state index is -0.172. The molecule has 3 rings (SSSR count). The van der Waals surface area contributed by atoms with Gasteiger partial charge in [0.05, 0.1) is 11.0 Å². The van der Waals surface area contributed by atoms with Gasteiger partial charge in [-0.25, -0.2) is 4.98 Å². The number of aromatic nitrogens is 3. The van der Waals surface area contributed by atoms with Gasteiger partial charge in [-0.3, -0.25) is 9.59 Å². The number of rotatable bonds is 5. The largest absolute Gasteiger partial charge is 0.357 e. The first-order valence-corrected chi connectivity index (χ1v) is 7.13. The van der Waals surface area contributed by atoms with Crippen molar-refractivity contribution < 1.29 is 4.79 Å². The number of aromatic amines is 2. The van der Waals surface area contributed by atoms with Crippen molar-refractivity contribution in [3.05, 3.63) is 64.3 Å². The highest BCUT2D eigenvalue weighted by atomic mass is 16.2. The van der Waals surface area contributed by atoms with E-state index in [4.69, 9.17) is 0 Å². The van der Waals surface area contributed by atoms with Gasteiger partial charge in [-0.15, -0.1) is 0 Å². The summed E-state index contributed by atoms with van der Waals surface area (Å²) in [6.07, 6.45) is 2.87. The highest BCUT2D eigenvalue weighted by Gasteiger charge is 2.07. The van der Waals surface area contributed by atoms with Crippen LogP contribution in [0.4, 0.5) is 0 Å². The van der Waals surface area contributed by atoms with E-state index in [0.29, 0.717) is 30.8 Å². The van der Waals surface area contributed by atoms with Crippen molar-refractivity contribution in [2.45, 2.75) is 12.8 Å². The third-order valence-electron chi connectivity index (χ3n) is 3.39. The molecule has 6 heteroatoms. The molecular weight excluding hydrogens is 280 g/mol. The number of para-hydroxylation sites is 2. The average molecular weight is 296 g/mol. The van der Waals surface area contributed by atoms with Crippen LogP contribution in [0.25, 0.3) is 11.0 Å². The lowest BCUT2D eigenvalue weighted by molar-refractivity contribution is 0.0949. The van der Waals surface area contributed by atoms with Gasteiger partial charge in [0, 0.05) is 12.7 Å². The van der Waals surface area contributed by atoms with E-state index in [1.165, 1.54) is 0 Å². The second-order valence-corrected chi connectivity index (χ2v) is 4.97. The zero-order valence-electron chi connectivity index (χ0n) is 11.9. The maximum absolute atomic E-state index is 11.9. The normalized spacial score (nSPS) is 10.7. The molecular formula is C16H16N4O2. The second kappa shape index (κ2) is 6.26. The Morgan fingerprint density at radius 2 is 2.05 bits per heavy atom. The molecule has 112 valence electrons. The molecule has 0 spiro atoms. The number of nitrogens with zero attached hydrogens (tertiary/aromatic N) is 1. The fourth-order valence-corrected chi connectivity index (χ4v) is 2.26. The van der Waals surface area contributed by atoms with Crippen molar-refractivity contribution in [2.75, 3.05) is 6.54 Å². The molecule has 6 nitrogen and oxygen atoms in total. The Morgan fingerprint density at radius 1 is 1.18 bits per heavy atom. The number of H-pyrrole nitrogens is 2. The number of carbonyl (C=O) groups excluding carboxylic acids is 1. The molecule has 0 bridgehead atoms.